The van der Waals surface area contributed by atoms with Crippen molar-refractivity contribution in [3.63, 3.8) is 0 Å². The molecule has 1 fully saturated rings. The molecular formula is C22H24N4O4. The van der Waals surface area contributed by atoms with Crippen LogP contribution in [0.5, 0.6) is 0 Å². The van der Waals surface area contributed by atoms with Crippen LogP contribution in [0.25, 0.3) is 22.4 Å². The number of rotatable bonds is 5. The lowest BCUT2D eigenvalue weighted by molar-refractivity contribution is 0.0523. The molecule has 0 atom stereocenters. The highest BCUT2D eigenvalue weighted by Gasteiger charge is 2.28. The molecule has 8 heteroatoms. The van der Waals surface area contributed by atoms with E-state index in [9.17, 15) is 9.59 Å². The Morgan fingerprint density at radius 1 is 1.17 bits per heavy atom. The summed E-state index contributed by atoms with van der Waals surface area (Å²) < 4.78 is 12.2. The summed E-state index contributed by atoms with van der Waals surface area (Å²) in [7, 11) is 0. The van der Waals surface area contributed by atoms with Crippen LogP contribution in [0.2, 0.25) is 0 Å². The summed E-state index contributed by atoms with van der Waals surface area (Å²) in [5.74, 6) is -0.0956. The molecule has 4 rings (SSSR count). The van der Waals surface area contributed by atoms with Gasteiger partial charge in [-0.1, -0.05) is 30.3 Å². The number of pyridine rings is 1. The van der Waals surface area contributed by atoms with E-state index in [-0.39, 0.29) is 12.2 Å². The van der Waals surface area contributed by atoms with Crippen molar-refractivity contribution in [1.82, 2.24) is 14.5 Å². The van der Waals surface area contributed by atoms with Gasteiger partial charge in [-0.25, -0.2) is 14.8 Å². The van der Waals surface area contributed by atoms with E-state index >= 15 is 0 Å². The number of benzene rings is 1. The third-order valence-corrected chi connectivity index (χ3v) is 5.13. The Labute approximate surface area is 174 Å². The summed E-state index contributed by atoms with van der Waals surface area (Å²) in [6.07, 6.45) is 1.70. The summed E-state index contributed by atoms with van der Waals surface area (Å²) in [6, 6.07) is 9.60. The predicted octanol–water partition coefficient (Wildman–Crippen LogP) is 2.49. The number of esters is 1. The fourth-order valence-corrected chi connectivity index (χ4v) is 3.74. The number of anilines is 1. The van der Waals surface area contributed by atoms with E-state index in [0.29, 0.717) is 55.4 Å². The average molecular weight is 408 g/mol. The molecule has 0 unspecified atom stereocenters. The number of morpholine rings is 1. The van der Waals surface area contributed by atoms with E-state index in [0.717, 1.165) is 5.56 Å². The quantitative estimate of drug-likeness (QED) is 0.600. The molecule has 0 bridgehead atoms. The van der Waals surface area contributed by atoms with Gasteiger partial charge >= 0.3 is 5.97 Å². The van der Waals surface area contributed by atoms with Crippen LogP contribution in [-0.2, 0) is 16.0 Å². The summed E-state index contributed by atoms with van der Waals surface area (Å²) in [5, 5.41) is 0.654. The summed E-state index contributed by atoms with van der Waals surface area (Å²) in [6.45, 7) is 6.31. The zero-order chi connectivity index (χ0) is 21.1. The Balaban J connectivity index is 2.02. The lowest BCUT2D eigenvalue weighted by Crippen LogP contribution is -2.40. The molecule has 0 radical (unpaired) electrons. The van der Waals surface area contributed by atoms with Gasteiger partial charge in [-0.15, -0.1) is 0 Å². The lowest BCUT2D eigenvalue weighted by Gasteiger charge is -2.31. The number of aryl methyl sites for hydroxylation is 1. The third-order valence-electron chi connectivity index (χ3n) is 5.13. The summed E-state index contributed by atoms with van der Waals surface area (Å²) in [4.78, 5) is 37.4. The minimum atomic E-state index is -0.625. The van der Waals surface area contributed by atoms with Crippen molar-refractivity contribution >= 4 is 22.7 Å². The van der Waals surface area contributed by atoms with Gasteiger partial charge in [0.15, 0.2) is 5.82 Å². The molecule has 3 heterocycles. The van der Waals surface area contributed by atoms with Crippen LogP contribution in [-0.4, -0.2) is 53.4 Å². The fraction of sp³-hybridized carbons (Fsp3) is 0.364. The molecule has 1 aliphatic heterocycles. The second-order valence-corrected chi connectivity index (χ2v) is 6.89. The third kappa shape index (κ3) is 3.54. The standard InChI is InChI=1S/C22H24N4O4/c1-3-26-20-16(14-23-19(24-20)15-8-6-5-7-9-15)18(25-10-12-29-13-11-25)17(21(26)27)22(28)30-4-2/h5-9,14H,3-4,10-13H2,1-2H3. The second kappa shape index (κ2) is 8.62. The topological polar surface area (TPSA) is 86.5 Å². The van der Waals surface area contributed by atoms with Gasteiger partial charge < -0.3 is 14.4 Å². The van der Waals surface area contributed by atoms with Gasteiger partial charge in [0.05, 0.1) is 30.9 Å². The Kier molecular flexibility index (Phi) is 5.76. The maximum absolute atomic E-state index is 13.4. The molecular weight excluding hydrogens is 384 g/mol. The van der Waals surface area contributed by atoms with Gasteiger partial charge in [0, 0.05) is 31.4 Å². The number of hydrogen-bond acceptors (Lipinski definition) is 7. The van der Waals surface area contributed by atoms with E-state index in [1.807, 2.05) is 42.2 Å². The lowest BCUT2D eigenvalue weighted by atomic mass is 10.1. The average Bonchev–Trinajstić information content (AvgIpc) is 2.79. The fourth-order valence-electron chi connectivity index (χ4n) is 3.74. The number of aromatic nitrogens is 3. The van der Waals surface area contributed by atoms with Crippen LogP contribution in [0.15, 0.2) is 41.3 Å². The highest BCUT2D eigenvalue weighted by Crippen LogP contribution is 2.30. The summed E-state index contributed by atoms with van der Waals surface area (Å²) >= 11 is 0. The molecule has 0 aliphatic carbocycles. The number of carbonyl (C=O) groups excluding carboxylic acids is 1. The van der Waals surface area contributed by atoms with E-state index < -0.39 is 11.5 Å². The van der Waals surface area contributed by atoms with Gasteiger partial charge in [0.1, 0.15) is 11.2 Å². The van der Waals surface area contributed by atoms with Gasteiger partial charge in [-0.05, 0) is 13.8 Å². The number of ether oxygens (including phenoxy) is 2. The molecule has 0 N–H and O–H groups in total. The van der Waals surface area contributed by atoms with Crippen molar-refractivity contribution in [1.29, 1.82) is 0 Å². The van der Waals surface area contributed by atoms with Crippen molar-refractivity contribution in [3.8, 4) is 11.4 Å². The Morgan fingerprint density at radius 2 is 1.90 bits per heavy atom. The van der Waals surface area contributed by atoms with E-state index in [4.69, 9.17) is 14.5 Å². The molecule has 3 aromatic rings. The van der Waals surface area contributed by atoms with Gasteiger partial charge in [-0.2, -0.15) is 0 Å². The van der Waals surface area contributed by atoms with Crippen LogP contribution in [0.1, 0.15) is 24.2 Å². The van der Waals surface area contributed by atoms with E-state index in [2.05, 4.69) is 4.98 Å². The van der Waals surface area contributed by atoms with Gasteiger partial charge in [-0.3, -0.25) is 9.36 Å². The SMILES string of the molecule is CCOC(=O)c1c(N2CCOCC2)c2cnc(-c3ccccc3)nc2n(CC)c1=O. The first-order valence-electron chi connectivity index (χ1n) is 10.1. The maximum Gasteiger partial charge on any atom is 0.345 e. The summed E-state index contributed by atoms with van der Waals surface area (Å²) in [5.41, 5.74) is 1.52. The first-order chi connectivity index (χ1) is 14.7. The minimum absolute atomic E-state index is 0.0316. The van der Waals surface area contributed by atoms with Crippen molar-refractivity contribution in [2.24, 2.45) is 0 Å². The van der Waals surface area contributed by atoms with Gasteiger partial charge in [0.25, 0.3) is 5.56 Å². The number of fused-ring (bicyclic) bond motifs is 1. The van der Waals surface area contributed by atoms with Crippen molar-refractivity contribution in [3.05, 3.63) is 52.4 Å². The molecule has 1 aliphatic rings. The maximum atomic E-state index is 13.4. The monoisotopic (exact) mass is 408 g/mol. The Hall–Kier alpha value is -3.26. The first-order valence-corrected chi connectivity index (χ1v) is 10.1. The number of nitrogens with zero attached hydrogens (tertiary/aromatic N) is 4. The van der Waals surface area contributed by atoms with Crippen molar-refractivity contribution in [2.45, 2.75) is 20.4 Å². The Morgan fingerprint density at radius 3 is 2.57 bits per heavy atom. The van der Waals surface area contributed by atoms with Crippen LogP contribution in [0.4, 0.5) is 5.69 Å². The molecule has 0 saturated carbocycles. The molecule has 1 saturated heterocycles. The van der Waals surface area contributed by atoms with Crippen LogP contribution >= 0.6 is 0 Å². The van der Waals surface area contributed by atoms with Gasteiger partial charge in [0.2, 0.25) is 0 Å². The Bertz CT molecular complexity index is 1120. The smallest absolute Gasteiger partial charge is 0.345 e. The first kappa shape index (κ1) is 20.0. The second-order valence-electron chi connectivity index (χ2n) is 6.89. The zero-order valence-electron chi connectivity index (χ0n) is 17.1. The zero-order valence-corrected chi connectivity index (χ0v) is 17.1. The molecule has 0 spiro atoms. The molecule has 156 valence electrons. The van der Waals surface area contributed by atoms with Crippen LogP contribution in [0.3, 0.4) is 0 Å². The number of hydrogen-bond donors (Lipinski definition) is 0. The highest BCUT2D eigenvalue weighted by atomic mass is 16.5. The molecule has 1 aromatic carbocycles. The molecule has 30 heavy (non-hydrogen) atoms. The van der Waals surface area contributed by atoms with Crippen molar-refractivity contribution in [2.75, 3.05) is 37.8 Å². The van der Waals surface area contributed by atoms with E-state index in [1.165, 1.54) is 4.57 Å². The van der Waals surface area contributed by atoms with Crippen LogP contribution < -0.4 is 10.5 Å². The number of carbonyl (C=O) groups is 1. The molecule has 2 aromatic heterocycles. The predicted molar refractivity (Wildman–Crippen MR) is 114 cm³/mol. The van der Waals surface area contributed by atoms with Crippen LogP contribution in [0, 0.1) is 0 Å². The van der Waals surface area contributed by atoms with Crippen molar-refractivity contribution < 1.29 is 14.3 Å². The highest BCUT2D eigenvalue weighted by molar-refractivity contribution is 6.04. The van der Waals surface area contributed by atoms with E-state index in [1.54, 1.807) is 13.1 Å². The molecule has 8 nitrogen and oxygen atoms in total. The normalized spacial score (nSPS) is 14.1. The minimum Gasteiger partial charge on any atom is -0.462 e. The largest absolute Gasteiger partial charge is 0.462 e. The molecule has 0 amide bonds.